The molecule has 212 valence electrons. The van der Waals surface area contributed by atoms with Gasteiger partial charge >= 0.3 is 0 Å². The lowest BCUT2D eigenvalue weighted by atomic mass is 10.0. The van der Waals surface area contributed by atoms with E-state index in [2.05, 4.69) is 85.0 Å². The fraction of sp³-hybridized carbons (Fsp3) is 0.567. The Morgan fingerprint density at radius 1 is 1.29 bits per heavy atom. The van der Waals surface area contributed by atoms with Crippen LogP contribution < -0.4 is 5.32 Å². The zero-order valence-electron chi connectivity index (χ0n) is 24.2. The fourth-order valence-electron chi connectivity index (χ4n) is 3.30. The highest BCUT2D eigenvalue weighted by molar-refractivity contribution is 9.18. The highest BCUT2D eigenvalue weighted by Crippen LogP contribution is 2.31. The zero-order chi connectivity index (χ0) is 28.9. The monoisotopic (exact) mass is 606 g/mol. The molecule has 0 aliphatic rings. The lowest BCUT2D eigenvalue weighted by Crippen LogP contribution is -2.36. The Morgan fingerprint density at radius 2 is 1.97 bits per heavy atom. The maximum atomic E-state index is 13.4. The number of nitriles is 1. The number of hydrogen-bond acceptors (Lipinski definition) is 6. The molecule has 0 aliphatic carbocycles. The van der Waals surface area contributed by atoms with E-state index in [1.165, 1.54) is 11.8 Å². The number of ether oxygens (including phenoxy) is 1. The van der Waals surface area contributed by atoms with Crippen molar-refractivity contribution < 1.29 is 9.53 Å². The topological polar surface area (TPSA) is 77.7 Å². The smallest absolute Gasteiger partial charge is 0.263 e. The molecule has 0 aromatic heterocycles. The van der Waals surface area contributed by atoms with Gasteiger partial charge in [-0.25, -0.2) is 4.99 Å². The Balaban J connectivity index is 5.75. The Morgan fingerprint density at radius 3 is 2.50 bits per heavy atom. The molecule has 0 heterocycles. The first-order valence-electron chi connectivity index (χ1n) is 13.5. The quantitative estimate of drug-likeness (QED) is 0.0522. The van der Waals surface area contributed by atoms with Gasteiger partial charge < -0.3 is 15.0 Å². The lowest BCUT2D eigenvalue weighted by Gasteiger charge is -2.20. The van der Waals surface area contributed by atoms with Gasteiger partial charge in [-0.2, -0.15) is 5.26 Å². The Bertz CT molecular complexity index is 914. The normalized spacial score (nSPS) is 14.7. The van der Waals surface area contributed by atoms with Crippen molar-refractivity contribution in [1.82, 2.24) is 10.2 Å². The molecule has 0 aromatic carbocycles. The third-order valence-electron chi connectivity index (χ3n) is 6.00. The van der Waals surface area contributed by atoms with Crippen LogP contribution in [0.5, 0.6) is 0 Å². The number of aliphatic imine (C=N–C) groups is 1. The van der Waals surface area contributed by atoms with Gasteiger partial charge in [-0.15, -0.1) is 11.8 Å². The van der Waals surface area contributed by atoms with E-state index in [1.54, 1.807) is 12.2 Å². The summed E-state index contributed by atoms with van der Waals surface area (Å²) in [5, 5.41) is 13.1. The van der Waals surface area contributed by atoms with Crippen molar-refractivity contribution >= 4 is 38.2 Å². The second-order valence-corrected chi connectivity index (χ2v) is 10.7. The van der Waals surface area contributed by atoms with E-state index in [9.17, 15) is 10.1 Å². The van der Waals surface area contributed by atoms with E-state index in [0.29, 0.717) is 40.8 Å². The van der Waals surface area contributed by atoms with E-state index in [4.69, 9.17) is 4.74 Å². The molecular weight excluding hydrogens is 560 g/mol. The summed E-state index contributed by atoms with van der Waals surface area (Å²) in [6, 6.07) is 1.85. The maximum absolute atomic E-state index is 13.4. The zero-order valence-corrected chi connectivity index (χ0v) is 26.6. The minimum absolute atomic E-state index is 0.0529. The van der Waals surface area contributed by atoms with Gasteiger partial charge in [-0.1, -0.05) is 78.8 Å². The number of allylic oxidation sites excluding steroid dienone is 2. The van der Waals surface area contributed by atoms with Crippen LogP contribution in [-0.4, -0.2) is 60.1 Å². The summed E-state index contributed by atoms with van der Waals surface area (Å²) in [6.45, 7) is 24.4. The van der Waals surface area contributed by atoms with Gasteiger partial charge in [0.25, 0.3) is 5.91 Å². The summed E-state index contributed by atoms with van der Waals surface area (Å²) in [6.07, 6.45) is 9.78. The summed E-state index contributed by atoms with van der Waals surface area (Å²) in [4.78, 5) is 20.8. The summed E-state index contributed by atoms with van der Waals surface area (Å²) in [7, 11) is 0. The molecule has 2 unspecified atom stereocenters. The summed E-state index contributed by atoms with van der Waals surface area (Å²) in [5.74, 6) is 0.771. The van der Waals surface area contributed by atoms with Crippen LogP contribution in [0.25, 0.3) is 0 Å². The van der Waals surface area contributed by atoms with Crippen LogP contribution in [0.1, 0.15) is 60.8 Å². The molecule has 8 heteroatoms. The molecule has 0 saturated carbocycles. The van der Waals surface area contributed by atoms with E-state index in [1.807, 2.05) is 19.1 Å². The number of nitrogens with one attached hydrogen (secondary N) is 1. The second-order valence-electron chi connectivity index (χ2n) is 8.85. The van der Waals surface area contributed by atoms with Gasteiger partial charge in [-0.3, -0.25) is 4.79 Å². The standard InChI is InChI=1S/C30H47BrN4O2S/c1-9-16-27(24(8)17-15-19-37-20-18-35(13-5)14-6)34-30(36)25(21-32)29(38-22-23(7)10-2)26(11-3)33-28(31)12-4/h11-12,15,17,23,27H,4,8-10,13-14,16,18-20,22H2,1-3,5-7H3,(H,34,36)/b17-15-,26-11-,29-25-,33-28+. The average Bonchev–Trinajstić information content (AvgIpc) is 2.92. The number of likely N-dealkylation sites (N-methyl/N-ethyl adjacent to an activating group) is 1. The molecule has 1 N–H and O–H groups in total. The molecule has 0 aromatic rings. The minimum atomic E-state index is -0.424. The number of rotatable bonds is 20. The molecule has 0 radical (unpaired) electrons. The minimum Gasteiger partial charge on any atom is -0.376 e. The summed E-state index contributed by atoms with van der Waals surface area (Å²) in [5.41, 5.74) is 1.39. The molecule has 6 nitrogen and oxygen atoms in total. The van der Waals surface area contributed by atoms with Gasteiger partial charge in [0, 0.05) is 12.3 Å². The molecule has 0 fully saturated rings. The van der Waals surface area contributed by atoms with E-state index < -0.39 is 5.91 Å². The highest BCUT2D eigenvalue weighted by Gasteiger charge is 2.23. The summed E-state index contributed by atoms with van der Waals surface area (Å²) >= 11 is 4.85. The van der Waals surface area contributed by atoms with Gasteiger partial charge in [0.1, 0.15) is 16.3 Å². The maximum Gasteiger partial charge on any atom is 0.263 e. The first-order valence-corrected chi connectivity index (χ1v) is 15.3. The second kappa shape index (κ2) is 22.0. The van der Waals surface area contributed by atoms with Crippen molar-refractivity contribution in [3.05, 3.63) is 59.2 Å². The summed E-state index contributed by atoms with van der Waals surface area (Å²) < 4.78 is 6.26. The Kier molecular flexibility index (Phi) is 20.8. The van der Waals surface area contributed by atoms with Crippen molar-refractivity contribution in [2.75, 3.05) is 38.6 Å². The van der Waals surface area contributed by atoms with Crippen LogP contribution >= 0.6 is 27.7 Å². The number of carbonyl (C=O) groups excluding carboxylic acids is 1. The van der Waals surface area contributed by atoms with Crippen molar-refractivity contribution in [2.45, 2.75) is 66.8 Å². The molecule has 0 aliphatic heterocycles. The van der Waals surface area contributed by atoms with E-state index in [0.717, 1.165) is 43.8 Å². The van der Waals surface area contributed by atoms with Gasteiger partial charge in [-0.05, 0) is 59.9 Å². The first-order chi connectivity index (χ1) is 18.2. The number of amides is 1. The van der Waals surface area contributed by atoms with Crippen LogP contribution in [0.15, 0.2) is 64.2 Å². The molecule has 0 saturated heterocycles. The third-order valence-corrected chi connectivity index (χ3v) is 7.94. The molecule has 38 heavy (non-hydrogen) atoms. The molecule has 2 atom stereocenters. The van der Waals surface area contributed by atoms with Crippen LogP contribution in [0.2, 0.25) is 0 Å². The molecule has 0 bridgehead atoms. The number of hydrogen-bond donors (Lipinski definition) is 1. The van der Waals surface area contributed by atoms with Crippen LogP contribution in [0.4, 0.5) is 0 Å². The number of carbonyl (C=O) groups is 1. The fourth-order valence-corrected chi connectivity index (χ4v) is 4.77. The third kappa shape index (κ3) is 14.3. The van der Waals surface area contributed by atoms with Crippen molar-refractivity contribution in [1.29, 1.82) is 5.26 Å². The van der Waals surface area contributed by atoms with Crippen LogP contribution in [-0.2, 0) is 9.53 Å². The number of halogens is 1. The predicted octanol–water partition coefficient (Wildman–Crippen LogP) is 7.18. The van der Waals surface area contributed by atoms with Crippen molar-refractivity contribution in [3.63, 3.8) is 0 Å². The van der Waals surface area contributed by atoms with Crippen LogP contribution in [0.3, 0.4) is 0 Å². The Hall–Kier alpha value is -1.92. The van der Waals surface area contributed by atoms with Crippen molar-refractivity contribution in [2.24, 2.45) is 10.9 Å². The van der Waals surface area contributed by atoms with Crippen LogP contribution in [0, 0.1) is 17.2 Å². The average molecular weight is 608 g/mol. The SMILES string of the molecule is C=C\C(Br)=N/C(=C\C)C(/SCC(C)CC)=C(\C#N)C(=O)NC(CCC)C(=C)/C=C\COCCN(CC)CC. The highest BCUT2D eigenvalue weighted by atomic mass is 79.9. The largest absolute Gasteiger partial charge is 0.376 e. The first kappa shape index (κ1) is 36.1. The number of thioether (sulfide) groups is 1. The molecule has 1 amide bonds. The van der Waals surface area contributed by atoms with Gasteiger partial charge in [0.05, 0.1) is 29.9 Å². The molecular formula is C30H47BrN4O2S. The molecule has 0 spiro atoms. The van der Waals surface area contributed by atoms with Crippen molar-refractivity contribution in [3.8, 4) is 6.07 Å². The van der Waals surface area contributed by atoms with E-state index >= 15 is 0 Å². The predicted molar refractivity (Wildman–Crippen MR) is 169 cm³/mol. The van der Waals surface area contributed by atoms with Gasteiger partial charge in [0.15, 0.2) is 0 Å². The molecule has 0 rings (SSSR count). The van der Waals surface area contributed by atoms with Gasteiger partial charge in [0.2, 0.25) is 0 Å². The Labute approximate surface area is 244 Å². The lowest BCUT2D eigenvalue weighted by molar-refractivity contribution is -0.117. The number of nitrogens with zero attached hydrogens (tertiary/aromatic N) is 3. The van der Waals surface area contributed by atoms with E-state index in [-0.39, 0.29) is 11.6 Å².